The number of esters is 1. The van der Waals surface area contributed by atoms with Gasteiger partial charge in [-0.1, -0.05) is 0 Å². The lowest BCUT2D eigenvalue weighted by atomic mass is 10.1. The maximum absolute atomic E-state index is 11.5. The standard InChI is InChI=1S/C14H17NO5/c1-15-10(4-6-13(16)17)8-20-12-5-3-9(7-11(12)15)14(18)19-2/h3,5,7,10H,4,6,8H2,1-2H3,(H,16,17). The van der Waals surface area contributed by atoms with Crippen LogP contribution in [0.5, 0.6) is 5.75 Å². The van der Waals surface area contributed by atoms with Crippen molar-refractivity contribution in [2.45, 2.75) is 18.9 Å². The quantitative estimate of drug-likeness (QED) is 0.842. The van der Waals surface area contributed by atoms with E-state index in [1.165, 1.54) is 7.11 Å². The number of hydrogen-bond acceptors (Lipinski definition) is 5. The minimum atomic E-state index is -0.826. The minimum Gasteiger partial charge on any atom is -0.489 e. The molecular weight excluding hydrogens is 262 g/mol. The first-order chi connectivity index (χ1) is 9.52. The SMILES string of the molecule is COC(=O)c1ccc2c(c1)N(C)C(CCC(=O)O)CO2. The van der Waals surface area contributed by atoms with Crippen molar-refractivity contribution < 1.29 is 24.2 Å². The van der Waals surface area contributed by atoms with Gasteiger partial charge in [0.1, 0.15) is 12.4 Å². The molecule has 6 heteroatoms. The summed E-state index contributed by atoms with van der Waals surface area (Å²) < 4.78 is 10.3. The Bertz CT molecular complexity index is 528. The van der Waals surface area contributed by atoms with Gasteiger partial charge in [0.15, 0.2) is 0 Å². The second kappa shape index (κ2) is 5.81. The van der Waals surface area contributed by atoms with E-state index < -0.39 is 11.9 Å². The number of anilines is 1. The highest BCUT2D eigenvalue weighted by Crippen LogP contribution is 2.34. The molecule has 0 saturated carbocycles. The molecule has 0 spiro atoms. The molecule has 0 radical (unpaired) electrons. The maximum Gasteiger partial charge on any atom is 0.337 e. The summed E-state index contributed by atoms with van der Waals surface area (Å²) in [7, 11) is 3.20. The first kappa shape index (κ1) is 14.2. The molecule has 1 aliphatic heterocycles. The van der Waals surface area contributed by atoms with Crippen molar-refractivity contribution >= 4 is 17.6 Å². The number of hydrogen-bond donors (Lipinski definition) is 1. The number of carboxylic acids is 1. The van der Waals surface area contributed by atoms with Gasteiger partial charge in [-0.05, 0) is 24.6 Å². The number of benzene rings is 1. The molecule has 6 nitrogen and oxygen atoms in total. The van der Waals surface area contributed by atoms with Crippen LogP contribution in [-0.4, -0.2) is 43.9 Å². The fourth-order valence-corrected chi connectivity index (χ4v) is 2.22. The Kier molecular flexibility index (Phi) is 4.12. The molecule has 1 aliphatic rings. The molecule has 0 saturated heterocycles. The van der Waals surface area contributed by atoms with Crippen molar-refractivity contribution in [3.8, 4) is 5.75 Å². The number of likely N-dealkylation sites (N-methyl/N-ethyl adjacent to an activating group) is 1. The van der Waals surface area contributed by atoms with Gasteiger partial charge in [0.2, 0.25) is 0 Å². The number of fused-ring (bicyclic) bond motifs is 1. The molecule has 1 atom stereocenters. The summed E-state index contributed by atoms with van der Waals surface area (Å²) in [4.78, 5) is 24.2. The van der Waals surface area contributed by atoms with Crippen LogP contribution in [0.4, 0.5) is 5.69 Å². The topological polar surface area (TPSA) is 76.1 Å². The molecular formula is C14H17NO5. The van der Waals surface area contributed by atoms with Crippen molar-refractivity contribution in [3.05, 3.63) is 23.8 Å². The second-order valence-electron chi connectivity index (χ2n) is 4.68. The fraction of sp³-hybridized carbons (Fsp3) is 0.429. The number of methoxy groups -OCH3 is 1. The van der Waals surface area contributed by atoms with Crippen molar-refractivity contribution in [2.75, 3.05) is 25.7 Å². The lowest BCUT2D eigenvalue weighted by molar-refractivity contribution is -0.137. The summed E-state index contributed by atoms with van der Waals surface area (Å²) >= 11 is 0. The van der Waals surface area contributed by atoms with Gasteiger partial charge in [-0.25, -0.2) is 4.79 Å². The monoisotopic (exact) mass is 279 g/mol. The highest BCUT2D eigenvalue weighted by molar-refractivity contribution is 5.91. The summed E-state index contributed by atoms with van der Waals surface area (Å²) in [6.07, 6.45) is 0.581. The Labute approximate surface area is 116 Å². The van der Waals surface area contributed by atoms with E-state index in [1.807, 2.05) is 11.9 Å². The predicted molar refractivity (Wildman–Crippen MR) is 72.3 cm³/mol. The number of carbonyl (C=O) groups is 2. The van der Waals surface area contributed by atoms with Gasteiger partial charge in [-0.2, -0.15) is 0 Å². The van der Waals surface area contributed by atoms with E-state index >= 15 is 0 Å². The first-order valence-electron chi connectivity index (χ1n) is 6.32. The average Bonchev–Trinajstić information content (AvgIpc) is 2.45. The maximum atomic E-state index is 11.5. The third-order valence-electron chi connectivity index (χ3n) is 3.43. The lowest BCUT2D eigenvalue weighted by Crippen LogP contribution is -2.40. The zero-order chi connectivity index (χ0) is 14.7. The van der Waals surface area contributed by atoms with E-state index in [4.69, 9.17) is 14.6 Å². The van der Waals surface area contributed by atoms with Crippen LogP contribution in [0.3, 0.4) is 0 Å². The van der Waals surface area contributed by atoms with Gasteiger partial charge in [-0.3, -0.25) is 4.79 Å². The smallest absolute Gasteiger partial charge is 0.337 e. The van der Waals surface area contributed by atoms with E-state index in [0.717, 1.165) is 5.69 Å². The van der Waals surface area contributed by atoms with E-state index in [9.17, 15) is 9.59 Å². The Morgan fingerprint density at radius 1 is 1.50 bits per heavy atom. The molecule has 1 unspecified atom stereocenters. The third-order valence-corrected chi connectivity index (χ3v) is 3.43. The summed E-state index contributed by atoms with van der Waals surface area (Å²) in [5, 5.41) is 8.75. The Balaban J connectivity index is 2.20. The second-order valence-corrected chi connectivity index (χ2v) is 4.68. The number of rotatable bonds is 4. The van der Waals surface area contributed by atoms with Gasteiger partial charge in [0.25, 0.3) is 0 Å². The van der Waals surface area contributed by atoms with E-state index in [2.05, 4.69) is 0 Å². The normalized spacial score (nSPS) is 17.1. The molecule has 0 aliphatic carbocycles. The van der Waals surface area contributed by atoms with Gasteiger partial charge >= 0.3 is 11.9 Å². The molecule has 1 heterocycles. The molecule has 1 N–H and O–H groups in total. The van der Waals surface area contributed by atoms with Crippen molar-refractivity contribution in [2.24, 2.45) is 0 Å². The molecule has 0 amide bonds. The zero-order valence-corrected chi connectivity index (χ0v) is 11.5. The van der Waals surface area contributed by atoms with Gasteiger partial charge < -0.3 is 19.5 Å². The highest BCUT2D eigenvalue weighted by Gasteiger charge is 2.26. The molecule has 0 fully saturated rings. The zero-order valence-electron chi connectivity index (χ0n) is 11.5. The predicted octanol–water partition coefficient (Wildman–Crippen LogP) is 1.54. The summed E-state index contributed by atoms with van der Waals surface area (Å²) in [5.41, 5.74) is 1.22. The third kappa shape index (κ3) is 2.84. The molecule has 20 heavy (non-hydrogen) atoms. The van der Waals surface area contributed by atoms with Crippen molar-refractivity contribution in [1.82, 2.24) is 0 Å². The van der Waals surface area contributed by atoms with E-state index in [0.29, 0.717) is 24.3 Å². The number of ether oxygens (including phenoxy) is 2. The van der Waals surface area contributed by atoms with Crippen molar-refractivity contribution in [3.63, 3.8) is 0 Å². The Hall–Kier alpha value is -2.24. The van der Waals surface area contributed by atoms with Crippen LogP contribution >= 0.6 is 0 Å². The number of carboxylic acid groups (broad SMARTS) is 1. The summed E-state index contributed by atoms with van der Waals surface area (Å²) in [6, 6.07) is 5.06. The Morgan fingerprint density at radius 3 is 2.90 bits per heavy atom. The van der Waals surface area contributed by atoms with Crippen LogP contribution in [0.25, 0.3) is 0 Å². The van der Waals surface area contributed by atoms with Crippen LogP contribution < -0.4 is 9.64 Å². The molecule has 0 bridgehead atoms. The molecule has 0 aromatic heterocycles. The molecule has 1 aromatic rings. The van der Waals surface area contributed by atoms with Crippen LogP contribution in [0.15, 0.2) is 18.2 Å². The van der Waals surface area contributed by atoms with Crippen LogP contribution in [0.1, 0.15) is 23.2 Å². The van der Waals surface area contributed by atoms with Crippen LogP contribution in [0.2, 0.25) is 0 Å². The van der Waals surface area contributed by atoms with Crippen LogP contribution in [-0.2, 0) is 9.53 Å². The molecule has 108 valence electrons. The number of carbonyl (C=O) groups excluding carboxylic acids is 1. The fourth-order valence-electron chi connectivity index (χ4n) is 2.22. The Morgan fingerprint density at radius 2 is 2.25 bits per heavy atom. The van der Waals surface area contributed by atoms with Crippen LogP contribution in [0, 0.1) is 0 Å². The number of aliphatic carboxylic acids is 1. The van der Waals surface area contributed by atoms with Gasteiger partial charge in [0.05, 0.1) is 24.4 Å². The first-order valence-corrected chi connectivity index (χ1v) is 6.32. The van der Waals surface area contributed by atoms with Gasteiger partial charge in [0, 0.05) is 13.5 Å². The lowest BCUT2D eigenvalue weighted by Gasteiger charge is -2.35. The van der Waals surface area contributed by atoms with E-state index in [-0.39, 0.29) is 12.5 Å². The molecule has 2 rings (SSSR count). The minimum absolute atomic E-state index is 0.0218. The summed E-state index contributed by atoms with van der Waals surface area (Å²) in [6.45, 7) is 0.439. The van der Waals surface area contributed by atoms with Crippen molar-refractivity contribution in [1.29, 1.82) is 0 Å². The average molecular weight is 279 g/mol. The van der Waals surface area contributed by atoms with E-state index in [1.54, 1.807) is 18.2 Å². The highest BCUT2D eigenvalue weighted by atomic mass is 16.5. The largest absolute Gasteiger partial charge is 0.489 e. The molecule has 1 aromatic carbocycles. The van der Waals surface area contributed by atoms with Gasteiger partial charge in [-0.15, -0.1) is 0 Å². The number of nitrogens with zero attached hydrogens (tertiary/aromatic N) is 1. The summed E-state index contributed by atoms with van der Waals surface area (Å²) in [5.74, 6) is -0.548.